The second-order valence-corrected chi connectivity index (χ2v) is 5.93. The Morgan fingerprint density at radius 1 is 1.41 bits per heavy atom. The van der Waals surface area contributed by atoms with Crippen molar-refractivity contribution < 1.29 is 18.7 Å². The predicted octanol–water partition coefficient (Wildman–Crippen LogP) is 4.04. The van der Waals surface area contributed by atoms with Crippen LogP contribution in [-0.2, 0) is 9.47 Å². The summed E-state index contributed by atoms with van der Waals surface area (Å²) in [5.41, 5.74) is 0.00516. The van der Waals surface area contributed by atoms with Crippen LogP contribution in [0.1, 0.15) is 16.2 Å². The summed E-state index contributed by atoms with van der Waals surface area (Å²) in [6.45, 7) is 3.74. The molecule has 0 radical (unpaired) electrons. The highest BCUT2D eigenvalue weighted by molar-refractivity contribution is 9.10. The Morgan fingerprint density at radius 3 is 2.77 bits per heavy atom. The van der Waals surface area contributed by atoms with Gasteiger partial charge in [0.05, 0.1) is 25.4 Å². The first-order valence-electron chi connectivity index (χ1n) is 5.77. The van der Waals surface area contributed by atoms with Gasteiger partial charge in [-0.1, -0.05) is 29.9 Å². The number of esters is 1. The quantitative estimate of drug-likeness (QED) is 0.549. The molecule has 2 aromatic rings. The summed E-state index contributed by atoms with van der Waals surface area (Å²) >= 11 is 10.5. The first-order chi connectivity index (χ1) is 10.5. The molecule has 22 heavy (non-hydrogen) atoms. The third-order valence-electron chi connectivity index (χ3n) is 2.50. The molecule has 0 aromatic carbocycles. The molecular formula is C13H10BrClN2O4S. The number of rotatable bonds is 5. The molecule has 0 amide bonds. The minimum Gasteiger partial charge on any atom is -0.493 e. The van der Waals surface area contributed by atoms with Crippen molar-refractivity contribution in [2.24, 2.45) is 0 Å². The van der Waals surface area contributed by atoms with Crippen molar-refractivity contribution in [2.45, 2.75) is 9.92 Å². The standard InChI is InChI=1S/C13H10BrClN2O4S/c1-6(19-2)9-7(4-5-21-9)22-12-11(15)16-8(10(14)17-12)13(18)20-3/h4-5H,1H2,2-3H3. The largest absolute Gasteiger partial charge is 0.493 e. The highest BCUT2D eigenvalue weighted by atomic mass is 79.9. The molecule has 0 atom stereocenters. The highest BCUT2D eigenvalue weighted by Crippen LogP contribution is 2.37. The number of methoxy groups -OCH3 is 2. The number of furan rings is 1. The first-order valence-corrected chi connectivity index (χ1v) is 7.76. The number of aromatic nitrogens is 2. The molecule has 9 heteroatoms. The molecule has 0 bridgehead atoms. The van der Waals surface area contributed by atoms with Gasteiger partial charge in [0.25, 0.3) is 0 Å². The van der Waals surface area contributed by atoms with Crippen LogP contribution < -0.4 is 0 Å². The summed E-state index contributed by atoms with van der Waals surface area (Å²) in [4.78, 5) is 20.5. The van der Waals surface area contributed by atoms with E-state index in [0.29, 0.717) is 21.4 Å². The molecular weight excluding hydrogens is 396 g/mol. The Hall–Kier alpha value is -1.51. The van der Waals surface area contributed by atoms with Gasteiger partial charge in [-0.15, -0.1) is 0 Å². The third-order valence-corrected chi connectivity index (χ3v) is 4.44. The van der Waals surface area contributed by atoms with Crippen molar-refractivity contribution in [3.63, 3.8) is 0 Å². The van der Waals surface area contributed by atoms with Gasteiger partial charge in [-0.3, -0.25) is 0 Å². The molecule has 0 aliphatic heterocycles. The molecule has 0 fully saturated rings. The smallest absolute Gasteiger partial charge is 0.359 e. The average molecular weight is 406 g/mol. The van der Waals surface area contributed by atoms with E-state index in [2.05, 4.69) is 37.2 Å². The fraction of sp³-hybridized carbons (Fsp3) is 0.154. The van der Waals surface area contributed by atoms with Crippen LogP contribution in [0.3, 0.4) is 0 Å². The van der Waals surface area contributed by atoms with Gasteiger partial charge < -0.3 is 13.9 Å². The minimum absolute atomic E-state index is 0.00516. The van der Waals surface area contributed by atoms with Gasteiger partial charge in [0, 0.05) is 0 Å². The summed E-state index contributed by atoms with van der Waals surface area (Å²) in [5.74, 6) is 0.218. The lowest BCUT2D eigenvalue weighted by atomic mass is 10.4. The summed E-state index contributed by atoms with van der Waals surface area (Å²) in [7, 11) is 2.74. The van der Waals surface area contributed by atoms with Crippen LogP contribution in [0.15, 0.2) is 37.9 Å². The normalized spacial score (nSPS) is 10.4. The van der Waals surface area contributed by atoms with Crippen molar-refractivity contribution in [3.05, 3.63) is 40.1 Å². The number of ether oxygens (including phenoxy) is 2. The van der Waals surface area contributed by atoms with Crippen molar-refractivity contribution in [1.29, 1.82) is 0 Å². The van der Waals surface area contributed by atoms with Crippen molar-refractivity contribution in [2.75, 3.05) is 14.2 Å². The lowest BCUT2D eigenvalue weighted by Crippen LogP contribution is -2.07. The molecule has 0 spiro atoms. The van der Waals surface area contributed by atoms with E-state index < -0.39 is 5.97 Å². The summed E-state index contributed by atoms with van der Waals surface area (Å²) in [6, 6.07) is 1.73. The van der Waals surface area contributed by atoms with Crippen LogP contribution >= 0.6 is 39.3 Å². The van der Waals surface area contributed by atoms with Gasteiger partial charge in [-0.2, -0.15) is 0 Å². The third kappa shape index (κ3) is 3.45. The fourth-order valence-electron chi connectivity index (χ4n) is 1.45. The second kappa shape index (κ2) is 7.17. The van der Waals surface area contributed by atoms with Crippen molar-refractivity contribution in [3.8, 4) is 0 Å². The summed E-state index contributed by atoms with van der Waals surface area (Å²) in [6.07, 6.45) is 1.50. The first kappa shape index (κ1) is 16.9. The molecule has 2 rings (SSSR count). The van der Waals surface area contributed by atoms with Crippen LogP contribution in [0.25, 0.3) is 5.76 Å². The second-order valence-electron chi connectivity index (χ2n) is 3.79. The minimum atomic E-state index is -0.630. The zero-order valence-electron chi connectivity index (χ0n) is 11.6. The Labute approximate surface area is 144 Å². The van der Waals surface area contributed by atoms with E-state index in [1.807, 2.05) is 0 Å². The SMILES string of the molecule is C=C(OC)c1occc1Sc1nc(Br)c(C(=O)OC)nc1Cl. The maximum absolute atomic E-state index is 11.5. The zero-order chi connectivity index (χ0) is 16.3. The number of hydrogen-bond donors (Lipinski definition) is 0. The van der Waals surface area contributed by atoms with E-state index in [1.165, 1.54) is 32.2 Å². The van der Waals surface area contributed by atoms with Gasteiger partial charge in [-0.05, 0) is 22.0 Å². The number of nitrogens with zero attached hydrogens (tertiary/aromatic N) is 2. The number of hydrogen-bond acceptors (Lipinski definition) is 7. The fourth-order valence-corrected chi connectivity index (χ4v) is 3.09. The van der Waals surface area contributed by atoms with E-state index in [0.717, 1.165) is 0 Å². The molecule has 116 valence electrons. The van der Waals surface area contributed by atoms with Gasteiger partial charge >= 0.3 is 5.97 Å². The van der Waals surface area contributed by atoms with E-state index in [-0.39, 0.29) is 15.5 Å². The highest BCUT2D eigenvalue weighted by Gasteiger charge is 2.20. The Balaban J connectivity index is 2.35. The Bertz CT molecular complexity index is 735. The lowest BCUT2D eigenvalue weighted by Gasteiger charge is -2.07. The van der Waals surface area contributed by atoms with Gasteiger partial charge in [0.1, 0.15) is 9.63 Å². The van der Waals surface area contributed by atoms with Crippen LogP contribution in [0.4, 0.5) is 0 Å². The van der Waals surface area contributed by atoms with Gasteiger partial charge in [0.15, 0.2) is 22.4 Å². The van der Waals surface area contributed by atoms with E-state index in [1.54, 1.807) is 6.07 Å². The maximum Gasteiger partial charge on any atom is 0.359 e. The van der Waals surface area contributed by atoms with Gasteiger partial charge in [-0.25, -0.2) is 14.8 Å². The summed E-state index contributed by atoms with van der Waals surface area (Å²) < 4.78 is 15.2. The monoisotopic (exact) mass is 404 g/mol. The molecule has 6 nitrogen and oxygen atoms in total. The molecule has 2 aromatic heterocycles. The lowest BCUT2D eigenvalue weighted by molar-refractivity contribution is 0.0592. The topological polar surface area (TPSA) is 74.5 Å². The number of carbonyl (C=O) groups excluding carboxylic acids is 1. The summed E-state index contributed by atoms with van der Waals surface area (Å²) in [5, 5.41) is 0.469. The van der Waals surface area contributed by atoms with Gasteiger partial charge in [0.2, 0.25) is 0 Å². The van der Waals surface area contributed by atoms with E-state index >= 15 is 0 Å². The van der Waals surface area contributed by atoms with Crippen LogP contribution in [0.2, 0.25) is 5.15 Å². The molecule has 0 saturated carbocycles. The molecule has 2 heterocycles. The zero-order valence-corrected chi connectivity index (χ0v) is 14.7. The van der Waals surface area contributed by atoms with E-state index in [9.17, 15) is 4.79 Å². The molecule has 0 saturated heterocycles. The molecule has 0 unspecified atom stereocenters. The Kier molecular flexibility index (Phi) is 5.49. The van der Waals surface area contributed by atoms with Crippen molar-refractivity contribution >= 4 is 51.0 Å². The molecule has 0 aliphatic carbocycles. The number of halogens is 2. The Morgan fingerprint density at radius 2 is 2.14 bits per heavy atom. The van der Waals surface area contributed by atoms with Crippen LogP contribution in [0.5, 0.6) is 0 Å². The van der Waals surface area contributed by atoms with Crippen LogP contribution in [0, 0.1) is 0 Å². The number of carbonyl (C=O) groups is 1. The van der Waals surface area contributed by atoms with Crippen molar-refractivity contribution in [1.82, 2.24) is 9.97 Å². The predicted molar refractivity (Wildman–Crippen MR) is 85.0 cm³/mol. The average Bonchev–Trinajstić information content (AvgIpc) is 2.97. The molecule has 0 aliphatic rings. The van der Waals surface area contributed by atoms with E-state index in [4.69, 9.17) is 20.8 Å². The molecule has 0 N–H and O–H groups in total. The maximum atomic E-state index is 11.5. The van der Waals surface area contributed by atoms with Crippen LogP contribution in [-0.4, -0.2) is 30.2 Å².